The van der Waals surface area contributed by atoms with Gasteiger partial charge in [0.25, 0.3) is 0 Å². The molecule has 0 amide bonds. The Kier molecular flexibility index (Phi) is 4.63. The molecule has 1 heterocycles. The van der Waals surface area contributed by atoms with Crippen LogP contribution in [0.2, 0.25) is 0 Å². The summed E-state index contributed by atoms with van der Waals surface area (Å²) in [6.45, 7) is 7.45. The van der Waals surface area contributed by atoms with E-state index in [0.29, 0.717) is 6.04 Å². The predicted octanol–water partition coefficient (Wildman–Crippen LogP) is 2.87. The van der Waals surface area contributed by atoms with E-state index in [2.05, 4.69) is 31.7 Å². The van der Waals surface area contributed by atoms with Crippen molar-refractivity contribution in [2.75, 3.05) is 11.4 Å². The first kappa shape index (κ1) is 14.8. The van der Waals surface area contributed by atoms with Crippen molar-refractivity contribution in [1.82, 2.24) is 4.98 Å². The fourth-order valence-electron chi connectivity index (χ4n) is 2.89. The first-order valence-corrected chi connectivity index (χ1v) is 7.68. The van der Waals surface area contributed by atoms with Crippen LogP contribution < -0.4 is 10.6 Å². The Morgan fingerprint density at radius 1 is 1.40 bits per heavy atom. The Labute approximate surface area is 121 Å². The Morgan fingerprint density at radius 3 is 2.70 bits per heavy atom. The molecule has 0 saturated carbocycles. The third-order valence-corrected chi connectivity index (χ3v) is 3.93. The van der Waals surface area contributed by atoms with Gasteiger partial charge in [-0.05, 0) is 57.6 Å². The van der Waals surface area contributed by atoms with Crippen molar-refractivity contribution in [3.05, 3.63) is 22.9 Å². The van der Waals surface area contributed by atoms with E-state index >= 15 is 0 Å². The molecule has 110 valence electrons. The van der Waals surface area contributed by atoms with E-state index in [1.807, 2.05) is 0 Å². The fraction of sp³-hybridized carbons (Fsp3) is 0.625. The van der Waals surface area contributed by atoms with Crippen LogP contribution in [0.5, 0.6) is 0 Å². The molecule has 4 nitrogen and oxygen atoms in total. The van der Waals surface area contributed by atoms with Crippen LogP contribution in [0.4, 0.5) is 5.82 Å². The van der Waals surface area contributed by atoms with Gasteiger partial charge >= 0.3 is 0 Å². The van der Waals surface area contributed by atoms with Gasteiger partial charge in [0.2, 0.25) is 0 Å². The molecule has 1 aliphatic carbocycles. The number of anilines is 1. The highest BCUT2D eigenvalue weighted by Crippen LogP contribution is 2.27. The Morgan fingerprint density at radius 2 is 2.10 bits per heavy atom. The lowest BCUT2D eigenvalue weighted by Gasteiger charge is -2.31. The first-order valence-electron chi connectivity index (χ1n) is 7.68. The van der Waals surface area contributed by atoms with Crippen LogP contribution in [-0.4, -0.2) is 23.4 Å². The van der Waals surface area contributed by atoms with Crippen LogP contribution in [-0.2, 0) is 12.8 Å². The monoisotopic (exact) mass is 274 g/mol. The molecule has 20 heavy (non-hydrogen) atoms. The summed E-state index contributed by atoms with van der Waals surface area (Å²) in [7, 11) is 0. The zero-order valence-electron chi connectivity index (χ0n) is 12.9. The normalized spacial score (nSPS) is 14.2. The highest BCUT2D eigenvalue weighted by atomic mass is 15.2. The lowest BCUT2D eigenvalue weighted by molar-refractivity contribution is 0.640. The molecule has 1 aromatic heterocycles. The molecule has 0 aromatic carbocycles. The fourth-order valence-corrected chi connectivity index (χ4v) is 2.89. The van der Waals surface area contributed by atoms with E-state index in [1.165, 1.54) is 24.1 Å². The van der Waals surface area contributed by atoms with E-state index in [4.69, 9.17) is 16.1 Å². The predicted molar refractivity (Wildman–Crippen MR) is 84.7 cm³/mol. The first-order chi connectivity index (χ1) is 9.54. The van der Waals surface area contributed by atoms with Crippen molar-refractivity contribution in [3.8, 4) is 0 Å². The SMILES string of the molecule is CCCN(c1nc2c(cc1C(=N)N)CCCC2)C(C)C. The summed E-state index contributed by atoms with van der Waals surface area (Å²) in [4.78, 5) is 7.15. The highest BCUT2D eigenvalue weighted by Gasteiger charge is 2.21. The smallest absolute Gasteiger partial charge is 0.140 e. The number of aromatic nitrogens is 1. The number of hydrogen-bond donors (Lipinski definition) is 2. The average molecular weight is 274 g/mol. The van der Waals surface area contributed by atoms with E-state index in [-0.39, 0.29) is 5.84 Å². The second-order valence-electron chi connectivity index (χ2n) is 5.87. The molecule has 0 atom stereocenters. The number of aryl methyl sites for hydroxylation is 2. The van der Waals surface area contributed by atoms with Crippen LogP contribution in [0.3, 0.4) is 0 Å². The average Bonchev–Trinajstić information content (AvgIpc) is 2.43. The number of fused-ring (bicyclic) bond motifs is 1. The molecule has 2 rings (SSSR count). The van der Waals surface area contributed by atoms with Crippen molar-refractivity contribution in [1.29, 1.82) is 5.41 Å². The number of nitrogens with two attached hydrogens (primary N) is 1. The van der Waals surface area contributed by atoms with Gasteiger partial charge in [0, 0.05) is 18.3 Å². The quantitative estimate of drug-likeness (QED) is 0.641. The molecule has 3 N–H and O–H groups in total. The second kappa shape index (κ2) is 6.25. The van der Waals surface area contributed by atoms with Gasteiger partial charge in [0.15, 0.2) is 0 Å². The summed E-state index contributed by atoms with van der Waals surface area (Å²) in [6.07, 6.45) is 5.62. The van der Waals surface area contributed by atoms with Crippen molar-refractivity contribution in [2.45, 2.75) is 58.9 Å². The zero-order valence-corrected chi connectivity index (χ0v) is 12.9. The van der Waals surface area contributed by atoms with Crippen LogP contribution in [0.25, 0.3) is 0 Å². The molecule has 0 bridgehead atoms. The van der Waals surface area contributed by atoms with Crippen molar-refractivity contribution in [2.24, 2.45) is 5.73 Å². The molecule has 0 aliphatic heterocycles. The maximum atomic E-state index is 7.87. The minimum atomic E-state index is 0.127. The van der Waals surface area contributed by atoms with Gasteiger partial charge in [0.1, 0.15) is 11.7 Å². The summed E-state index contributed by atoms with van der Waals surface area (Å²) in [6, 6.07) is 2.46. The molecule has 0 saturated heterocycles. The lowest BCUT2D eigenvalue weighted by atomic mass is 9.94. The number of amidine groups is 1. The van der Waals surface area contributed by atoms with E-state index in [0.717, 1.165) is 37.2 Å². The minimum absolute atomic E-state index is 0.127. The van der Waals surface area contributed by atoms with Crippen LogP contribution >= 0.6 is 0 Å². The molecule has 0 unspecified atom stereocenters. The molecule has 1 aromatic rings. The Balaban J connectivity index is 2.51. The number of nitrogens with zero attached hydrogens (tertiary/aromatic N) is 2. The zero-order chi connectivity index (χ0) is 14.7. The van der Waals surface area contributed by atoms with Crippen LogP contribution in [0, 0.1) is 5.41 Å². The number of hydrogen-bond acceptors (Lipinski definition) is 3. The summed E-state index contributed by atoms with van der Waals surface area (Å²) < 4.78 is 0. The summed E-state index contributed by atoms with van der Waals surface area (Å²) in [5, 5.41) is 7.87. The second-order valence-corrected chi connectivity index (χ2v) is 5.87. The van der Waals surface area contributed by atoms with Gasteiger partial charge in [-0.25, -0.2) is 4.98 Å². The molecule has 0 spiro atoms. The summed E-state index contributed by atoms with van der Waals surface area (Å²) in [5.74, 6) is 1.03. The summed E-state index contributed by atoms with van der Waals surface area (Å²) in [5.41, 5.74) is 9.09. The van der Waals surface area contributed by atoms with Crippen molar-refractivity contribution in [3.63, 3.8) is 0 Å². The number of nitrogen functional groups attached to an aromatic ring is 1. The summed E-state index contributed by atoms with van der Waals surface area (Å²) >= 11 is 0. The third kappa shape index (κ3) is 2.94. The minimum Gasteiger partial charge on any atom is -0.384 e. The maximum Gasteiger partial charge on any atom is 0.140 e. The molecule has 0 fully saturated rings. The van der Waals surface area contributed by atoms with Crippen LogP contribution in [0.15, 0.2) is 6.07 Å². The van der Waals surface area contributed by atoms with Crippen molar-refractivity contribution >= 4 is 11.7 Å². The van der Waals surface area contributed by atoms with E-state index in [1.54, 1.807) is 0 Å². The van der Waals surface area contributed by atoms with E-state index < -0.39 is 0 Å². The molecule has 4 heteroatoms. The van der Waals surface area contributed by atoms with Gasteiger partial charge < -0.3 is 10.6 Å². The number of nitrogens with one attached hydrogen (secondary N) is 1. The number of rotatable bonds is 5. The van der Waals surface area contributed by atoms with Gasteiger partial charge in [-0.15, -0.1) is 0 Å². The van der Waals surface area contributed by atoms with Gasteiger partial charge in [-0.2, -0.15) is 0 Å². The Hall–Kier alpha value is -1.58. The molecular weight excluding hydrogens is 248 g/mol. The molecular formula is C16H26N4. The largest absolute Gasteiger partial charge is 0.384 e. The van der Waals surface area contributed by atoms with Crippen LogP contribution in [0.1, 0.15) is 56.9 Å². The highest BCUT2D eigenvalue weighted by molar-refractivity contribution is 6.00. The molecule has 1 aliphatic rings. The topological polar surface area (TPSA) is 66.0 Å². The number of pyridine rings is 1. The third-order valence-electron chi connectivity index (χ3n) is 3.93. The van der Waals surface area contributed by atoms with Gasteiger partial charge in [0.05, 0.1) is 5.56 Å². The van der Waals surface area contributed by atoms with E-state index in [9.17, 15) is 0 Å². The van der Waals surface area contributed by atoms with Gasteiger partial charge in [-0.1, -0.05) is 6.92 Å². The standard InChI is InChI=1S/C16H26N4/c1-4-9-20(11(2)3)16-13(15(17)18)10-12-7-5-6-8-14(12)19-16/h10-11H,4-9H2,1-3H3,(H3,17,18). The lowest BCUT2D eigenvalue weighted by Crippen LogP contribution is -2.35. The van der Waals surface area contributed by atoms with Crippen molar-refractivity contribution < 1.29 is 0 Å². The maximum absolute atomic E-state index is 7.87. The Bertz CT molecular complexity index is 493. The molecule has 0 radical (unpaired) electrons. The van der Waals surface area contributed by atoms with Gasteiger partial charge in [-0.3, -0.25) is 5.41 Å².